The van der Waals surface area contributed by atoms with Crippen LogP contribution in [0.5, 0.6) is 0 Å². The number of hydrogen-bond acceptors (Lipinski definition) is 4. The second kappa shape index (κ2) is 8.74. The molecule has 0 spiro atoms. The van der Waals surface area contributed by atoms with Gasteiger partial charge < -0.3 is 20.7 Å². The van der Waals surface area contributed by atoms with Gasteiger partial charge in [-0.25, -0.2) is 0 Å². The molecular weight excluding hydrogens is 318 g/mol. The lowest BCUT2D eigenvalue weighted by Gasteiger charge is -2.30. The van der Waals surface area contributed by atoms with E-state index in [1.54, 1.807) is 23.1 Å². The summed E-state index contributed by atoms with van der Waals surface area (Å²) >= 11 is 0. The van der Waals surface area contributed by atoms with Crippen LogP contribution in [0.3, 0.4) is 0 Å². The van der Waals surface area contributed by atoms with E-state index in [0.717, 1.165) is 5.56 Å². The molecule has 1 aliphatic heterocycles. The number of nitrogen functional groups attached to an aromatic ring is 1. The Labute approximate surface area is 142 Å². The van der Waals surface area contributed by atoms with Crippen LogP contribution >= 0.6 is 12.4 Å². The molecular formula is C16H24ClN3O3. The van der Waals surface area contributed by atoms with Gasteiger partial charge in [0.2, 0.25) is 5.91 Å². The summed E-state index contributed by atoms with van der Waals surface area (Å²) in [7, 11) is 0. The molecule has 0 aromatic heterocycles. The molecule has 1 saturated heterocycles. The maximum Gasteiger partial charge on any atom is 0.252 e. The van der Waals surface area contributed by atoms with Crippen molar-refractivity contribution in [2.75, 3.05) is 32.0 Å². The van der Waals surface area contributed by atoms with E-state index in [9.17, 15) is 9.59 Å². The number of aryl methyl sites for hydroxylation is 1. The Morgan fingerprint density at radius 3 is 2.61 bits per heavy atom. The Kier molecular flexibility index (Phi) is 7.32. The van der Waals surface area contributed by atoms with E-state index in [1.165, 1.54) is 0 Å². The minimum Gasteiger partial charge on any atom is -0.399 e. The third kappa shape index (κ3) is 4.84. The zero-order chi connectivity index (χ0) is 16.1. The van der Waals surface area contributed by atoms with E-state index in [2.05, 4.69) is 5.32 Å². The molecule has 0 aliphatic carbocycles. The molecule has 128 valence electrons. The number of carbonyl (C=O) groups excluding carboxylic acids is 2. The molecule has 1 aromatic rings. The fourth-order valence-corrected chi connectivity index (χ4v) is 2.46. The summed E-state index contributed by atoms with van der Waals surface area (Å²) < 4.78 is 5.25. The van der Waals surface area contributed by atoms with Crippen LogP contribution in [-0.4, -0.2) is 49.1 Å². The summed E-state index contributed by atoms with van der Waals surface area (Å²) in [4.78, 5) is 26.6. The number of morpholine rings is 1. The van der Waals surface area contributed by atoms with Crippen molar-refractivity contribution in [1.82, 2.24) is 10.2 Å². The maximum atomic E-state index is 12.5. The monoisotopic (exact) mass is 341 g/mol. The van der Waals surface area contributed by atoms with Crippen LogP contribution in [-0.2, 0) is 9.53 Å². The normalized spacial score (nSPS) is 15.5. The van der Waals surface area contributed by atoms with E-state index in [-0.39, 0.29) is 24.2 Å². The number of benzene rings is 1. The van der Waals surface area contributed by atoms with Crippen LogP contribution in [0.2, 0.25) is 0 Å². The molecule has 2 amide bonds. The van der Waals surface area contributed by atoms with Crippen LogP contribution in [0.15, 0.2) is 18.2 Å². The highest BCUT2D eigenvalue weighted by molar-refractivity contribution is 5.99. The number of halogens is 1. The Balaban J connectivity index is 0.00000264. The first-order valence-electron chi connectivity index (χ1n) is 7.56. The summed E-state index contributed by atoms with van der Waals surface area (Å²) in [6.07, 6.45) is 0.545. The lowest BCUT2D eigenvalue weighted by atomic mass is 10.1. The molecule has 3 N–H and O–H groups in total. The van der Waals surface area contributed by atoms with Crippen molar-refractivity contribution in [2.24, 2.45) is 0 Å². The van der Waals surface area contributed by atoms with Crippen molar-refractivity contribution in [3.05, 3.63) is 29.3 Å². The summed E-state index contributed by atoms with van der Waals surface area (Å²) in [6, 6.07) is 4.67. The van der Waals surface area contributed by atoms with E-state index < -0.39 is 6.04 Å². The standard InChI is InChI=1S/C16H23N3O3.ClH/c1-3-14(16(21)19-6-8-22-9-7-19)18-15(20)13-10-12(17)5-4-11(13)2;/h4-5,10,14H,3,6-9,17H2,1-2H3,(H,18,20);1H. The van der Waals surface area contributed by atoms with Gasteiger partial charge in [0.05, 0.1) is 13.2 Å². The average Bonchev–Trinajstić information content (AvgIpc) is 2.54. The topological polar surface area (TPSA) is 84.7 Å². The minimum absolute atomic E-state index is 0. The number of nitrogens with one attached hydrogen (secondary N) is 1. The molecule has 1 aliphatic rings. The highest BCUT2D eigenvalue weighted by Gasteiger charge is 2.26. The molecule has 0 saturated carbocycles. The molecule has 1 aromatic carbocycles. The molecule has 7 heteroatoms. The van der Waals surface area contributed by atoms with Gasteiger partial charge in [0.25, 0.3) is 5.91 Å². The second-order valence-corrected chi connectivity index (χ2v) is 5.45. The lowest BCUT2D eigenvalue weighted by molar-refractivity contribution is -0.137. The summed E-state index contributed by atoms with van der Waals surface area (Å²) in [6.45, 7) is 5.97. The molecule has 6 nitrogen and oxygen atoms in total. The summed E-state index contributed by atoms with van der Waals surface area (Å²) in [5, 5.41) is 2.82. The summed E-state index contributed by atoms with van der Waals surface area (Å²) in [5.41, 5.74) is 7.61. The molecule has 0 radical (unpaired) electrons. The van der Waals surface area contributed by atoms with Crippen LogP contribution in [0.4, 0.5) is 5.69 Å². The lowest BCUT2D eigenvalue weighted by Crippen LogP contribution is -2.51. The van der Waals surface area contributed by atoms with E-state index in [1.807, 2.05) is 13.8 Å². The largest absolute Gasteiger partial charge is 0.399 e. The van der Waals surface area contributed by atoms with Crippen LogP contribution in [0.25, 0.3) is 0 Å². The molecule has 1 unspecified atom stereocenters. The van der Waals surface area contributed by atoms with Crippen molar-refractivity contribution in [3.63, 3.8) is 0 Å². The molecule has 1 atom stereocenters. The van der Waals surface area contributed by atoms with Gasteiger partial charge in [-0.1, -0.05) is 13.0 Å². The number of anilines is 1. The first-order valence-corrected chi connectivity index (χ1v) is 7.56. The quantitative estimate of drug-likeness (QED) is 0.810. The molecule has 23 heavy (non-hydrogen) atoms. The van der Waals surface area contributed by atoms with Gasteiger partial charge in [-0.3, -0.25) is 9.59 Å². The number of hydrogen-bond donors (Lipinski definition) is 2. The average molecular weight is 342 g/mol. The van der Waals surface area contributed by atoms with Gasteiger partial charge in [-0.2, -0.15) is 0 Å². The van der Waals surface area contributed by atoms with Crippen molar-refractivity contribution < 1.29 is 14.3 Å². The van der Waals surface area contributed by atoms with Gasteiger partial charge in [0.1, 0.15) is 6.04 Å². The van der Waals surface area contributed by atoms with Crippen LogP contribution < -0.4 is 11.1 Å². The third-order valence-corrected chi connectivity index (χ3v) is 3.84. The second-order valence-electron chi connectivity index (χ2n) is 5.45. The highest BCUT2D eigenvalue weighted by atomic mass is 35.5. The first-order chi connectivity index (χ1) is 10.5. The first kappa shape index (κ1) is 19.3. The van der Waals surface area contributed by atoms with Crippen LogP contribution in [0.1, 0.15) is 29.3 Å². The van der Waals surface area contributed by atoms with Gasteiger partial charge in [-0.05, 0) is 31.0 Å². The van der Waals surface area contributed by atoms with E-state index in [0.29, 0.717) is 44.0 Å². The Hall–Kier alpha value is -1.79. The molecule has 2 rings (SSSR count). The predicted molar refractivity (Wildman–Crippen MR) is 91.8 cm³/mol. The SMILES string of the molecule is CCC(NC(=O)c1cc(N)ccc1C)C(=O)N1CCOCC1.Cl. The van der Waals surface area contributed by atoms with E-state index in [4.69, 9.17) is 10.5 Å². The number of carbonyl (C=O) groups is 2. The number of nitrogens with two attached hydrogens (primary N) is 1. The number of amides is 2. The fraction of sp³-hybridized carbons (Fsp3) is 0.500. The Bertz CT molecular complexity index is 560. The molecule has 1 fully saturated rings. The molecule has 0 bridgehead atoms. The molecule has 1 heterocycles. The fourth-order valence-electron chi connectivity index (χ4n) is 2.46. The zero-order valence-electron chi connectivity index (χ0n) is 13.5. The number of nitrogens with zero attached hydrogens (tertiary/aromatic N) is 1. The van der Waals surface area contributed by atoms with Gasteiger partial charge in [0.15, 0.2) is 0 Å². The van der Waals surface area contributed by atoms with Gasteiger partial charge in [0, 0.05) is 24.3 Å². The zero-order valence-corrected chi connectivity index (χ0v) is 14.3. The number of rotatable bonds is 4. The van der Waals surface area contributed by atoms with Gasteiger partial charge in [-0.15, -0.1) is 12.4 Å². The third-order valence-electron chi connectivity index (χ3n) is 3.84. The summed E-state index contributed by atoms with van der Waals surface area (Å²) in [5.74, 6) is -0.320. The highest BCUT2D eigenvalue weighted by Crippen LogP contribution is 2.13. The van der Waals surface area contributed by atoms with Crippen molar-refractivity contribution in [3.8, 4) is 0 Å². The maximum absolute atomic E-state index is 12.5. The van der Waals surface area contributed by atoms with E-state index >= 15 is 0 Å². The smallest absolute Gasteiger partial charge is 0.252 e. The van der Waals surface area contributed by atoms with Crippen molar-refractivity contribution in [1.29, 1.82) is 0 Å². The number of ether oxygens (including phenoxy) is 1. The van der Waals surface area contributed by atoms with Gasteiger partial charge >= 0.3 is 0 Å². The Morgan fingerprint density at radius 2 is 2.00 bits per heavy atom. The van der Waals surface area contributed by atoms with Crippen LogP contribution in [0, 0.1) is 6.92 Å². The van der Waals surface area contributed by atoms with Crippen molar-refractivity contribution >= 4 is 29.9 Å². The minimum atomic E-state index is -0.522. The van der Waals surface area contributed by atoms with Crippen molar-refractivity contribution in [2.45, 2.75) is 26.3 Å². The predicted octanol–water partition coefficient (Wildman–Crippen LogP) is 1.37. The Morgan fingerprint density at radius 1 is 1.35 bits per heavy atom.